The van der Waals surface area contributed by atoms with Crippen LogP contribution in [0.15, 0.2) is 18.2 Å². The molecule has 1 aromatic heterocycles. The van der Waals surface area contributed by atoms with Gasteiger partial charge in [-0.1, -0.05) is 25.4 Å². The summed E-state index contributed by atoms with van der Waals surface area (Å²) in [7, 11) is 0. The zero-order chi connectivity index (χ0) is 12.6. The molecule has 0 aliphatic rings. The number of hydrogen-bond donors (Lipinski definition) is 0. The van der Waals surface area contributed by atoms with E-state index in [2.05, 4.69) is 4.98 Å². The molecule has 4 heteroatoms. The van der Waals surface area contributed by atoms with E-state index in [4.69, 9.17) is 11.6 Å². The van der Waals surface area contributed by atoms with Gasteiger partial charge < -0.3 is 0 Å². The van der Waals surface area contributed by atoms with Crippen molar-refractivity contribution >= 4 is 22.5 Å². The van der Waals surface area contributed by atoms with Crippen LogP contribution in [-0.4, -0.2) is 4.98 Å². The Morgan fingerprint density at radius 2 is 1.94 bits per heavy atom. The lowest BCUT2D eigenvalue weighted by Crippen LogP contribution is -1.99. The largest absolute Gasteiger partial charge is 0.250 e. The highest BCUT2D eigenvalue weighted by atomic mass is 35.5. The lowest BCUT2D eigenvalue weighted by atomic mass is 10.1. The molecule has 0 aliphatic heterocycles. The van der Waals surface area contributed by atoms with Crippen LogP contribution in [0.25, 0.3) is 10.9 Å². The number of nitrogens with zero attached hydrogens (tertiary/aromatic N) is 1. The van der Waals surface area contributed by atoms with E-state index in [0.29, 0.717) is 22.7 Å². The van der Waals surface area contributed by atoms with Crippen LogP contribution in [0.5, 0.6) is 0 Å². The van der Waals surface area contributed by atoms with Crippen molar-refractivity contribution in [1.82, 2.24) is 4.98 Å². The molecule has 2 rings (SSSR count). The van der Waals surface area contributed by atoms with Crippen molar-refractivity contribution in [2.45, 2.75) is 20.3 Å². The summed E-state index contributed by atoms with van der Waals surface area (Å²) in [4.78, 5) is 4.19. The summed E-state index contributed by atoms with van der Waals surface area (Å²) < 4.78 is 26.6. The summed E-state index contributed by atoms with van der Waals surface area (Å²) in [6, 6.07) is 3.69. The predicted molar refractivity (Wildman–Crippen MR) is 65.2 cm³/mol. The molecule has 0 N–H and O–H groups in total. The van der Waals surface area contributed by atoms with Gasteiger partial charge in [0, 0.05) is 17.1 Å². The van der Waals surface area contributed by atoms with E-state index in [9.17, 15) is 8.78 Å². The molecule has 0 unspecified atom stereocenters. The van der Waals surface area contributed by atoms with Gasteiger partial charge in [-0.25, -0.2) is 13.8 Å². The second-order valence-corrected chi connectivity index (χ2v) is 4.88. The molecule has 0 bridgehead atoms. The first-order valence-corrected chi connectivity index (χ1v) is 5.79. The van der Waals surface area contributed by atoms with Crippen molar-refractivity contribution in [3.05, 3.63) is 40.6 Å². The second-order valence-electron chi connectivity index (χ2n) is 4.48. The number of hydrogen-bond acceptors (Lipinski definition) is 1. The number of halogens is 3. The number of pyridine rings is 1. The minimum absolute atomic E-state index is 0.134. The first kappa shape index (κ1) is 12.2. The molecule has 0 saturated heterocycles. The normalized spacial score (nSPS) is 11.4. The minimum atomic E-state index is -0.674. The summed E-state index contributed by atoms with van der Waals surface area (Å²) >= 11 is 6.02. The first-order valence-electron chi connectivity index (χ1n) is 5.41. The zero-order valence-corrected chi connectivity index (χ0v) is 10.4. The molecule has 90 valence electrons. The van der Waals surface area contributed by atoms with Gasteiger partial charge in [0.05, 0.1) is 5.02 Å². The molecule has 1 heterocycles. The van der Waals surface area contributed by atoms with Gasteiger partial charge in [-0.05, 0) is 24.5 Å². The first-order chi connectivity index (χ1) is 7.97. The summed E-state index contributed by atoms with van der Waals surface area (Å²) in [5, 5.41) is 0.653. The van der Waals surface area contributed by atoms with Crippen molar-refractivity contribution in [3.63, 3.8) is 0 Å². The molecule has 0 saturated carbocycles. The van der Waals surface area contributed by atoms with Gasteiger partial charge >= 0.3 is 0 Å². The van der Waals surface area contributed by atoms with E-state index in [0.717, 1.165) is 11.8 Å². The van der Waals surface area contributed by atoms with Crippen LogP contribution in [0.4, 0.5) is 8.78 Å². The lowest BCUT2D eigenvalue weighted by Gasteiger charge is -2.08. The molecule has 1 nitrogen and oxygen atoms in total. The van der Waals surface area contributed by atoms with Gasteiger partial charge in [-0.2, -0.15) is 0 Å². The van der Waals surface area contributed by atoms with Crippen LogP contribution in [-0.2, 0) is 6.42 Å². The van der Waals surface area contributed by atoms with E-state index in [1.807, 2.05) is 13.8 Å². The molecule has 0 spiro atoms. The fourth-order valence-corrected chi connectivity index (χ4v) is 2.05. The molecular formula is C13H12ClF2N. The van der Waals surface area contributed by atoms with Crippen molar-refractivity contribution in [1.29, 1.82) is 0 Å². The van der Waals surface area contributed by atoms with E-state index < -0.39 is 11.6 Å². The van der Waals surface area contributed by atoms with E-state index in [1.54, 1.807) is 6.07 Å². The van der Waals surface area contributed by atoms with Gasteiger partial charge in [0.25, 0.3) is 0 Å². The van der Waals surface area contributed by atoms with Gasteiger partial charge in [0.15, 0.2) is 5.82 Å². The Morgan fingerprint density at radius 3 is 2.59 bits per heavy atom. The third-order valence-corrected chi connectivity index (χ3v) is 2.76. The Labute approximate surface area is 103 Å². The molecule has 2 aromatic rings. The lowest BCUT2D eigenvalue weighted by molar-refractivity contribution is 0.588. The Kier molecular flexibility index (Phi) is 3.29. The van der Waals surface area contributed by atoms with Crippen molar-refractivity contribution < 1.29 is 8.78 Å². The molecule has 0 aliphatic carbocycles. The zero-order valence-electron chi connectivity index (χ0n) is 9.60. The van der Waals surface area contributed by atoms with Crippen molar-refractivity contribution in [2.24, 2.45) is 5.92 Å². The van der Waals surface area contributed by atoms with Crippen LogP contribution in [0.3, 0.4) is 0 Å². The highest BCUT2D eigenvalue weighted by molar-refractivity contribution is 6.35. The summed E-state index contributed by atoms with van der Waals surface area (Å²) in [6.45, 7) is 4.08. The maximum atomic E-state index is 13.6. The van der Waals surface area contributed by atoms with Crippen molar-refractivity contribution in [2.75, 3.05) is 0 Å². The smallest absolute Gasteiger partial charge is 0.152 e. The molecule has 0 radical (unpaired) electrons. The molecule has 1 aromatic carbocycles. The van der Waals surface area contributed by atoms with Crippen LogP contribution in [0, 0.1) is 17.6 Å². The second kappa shape index (κ2) is 4.57. The molecule has 0 atom stereocenters. The monoisotopic (exact) mass is 255 g/mol. The number of aromatic nitrogens is 1. The Morgan fingerprint density at radius 1 is 1.24 bits per heavy atom. The average Bonchev–Trinajstić information content (AvgIpc) is 2.19. The van der Waals surface area contributed by atoms with E-state index >= 15 is 0 Å². The highest BCUT2D eigenvalue weighted by Crippen LogP contribution is 2.26. The quantitative estimate of drug-likeness (QED) is 0.777. The number of benzene rings is 1. The van der Waals surface area contributed by atoms with E-state index in [-0.39, 0.29) is 5.52 Å². The van der Waals surface area contributed by atoms with Crippen LogP contribution < -0.4 is 0 Å². The summed E-state index contributed by atoms with van der Waals surface area (Å²) in [5.41, 5.74) is 0.859. The van der Waals surface area contributed by atoms with Gasteiger partial charge in [-0.15, -0.1) is 0 Å². The maximum absolute atomic E-state index is 13.6. The van der Waals surface area contributed by atoms with E-state index in [1.165, 1.54) is 6.07 Å². The summed E-state index contributed by atoms with van der Waals surface area (Å²) in [5.74, 6) is -0.914. The fraction of sp³-hybridized carbons (Fsp3) is 0.308. The molecule has 17 heavy (non-hydrogen) atoms. The SMILES string of the molecule is CC(C)Cc1cc(Cl)c2cc(F)cc(F)c2n1. The van der Waals surface area contributed by atoms with Gasteiger partial charge in [0.1, 0.15) is 11.3 Å². The average molecular weight is 256 g/mol. The predicted octanol–water partition coefficient (Wildman–Crippen LogP) is 4.36. The Hall–Kier alpha value is -1.22. The third-order valence-electron chi connectivity index (χ3n) is 2.45. The minimum Gasteiger partial charge on any atom is -0.250 e. The topological polar surface area (TPSA) is 12.9 Å². The van der Waals surface area contributed by atoms with Gasteiger partial charge in [-0.3, -0.25) is 0 Å². The summed E-state index contributed by atoms with van der Waals surface area (Å²) in [6.07, 6.45) is 0.715. The number of rotatable bonds is 2. The van der Waals surface area contributed by atoms with Crippen LogP contribution in [0.1, 0.15) is 19.5 Å². The molecular weight excluding hydrogens is 244 g/mol. The van der Waals surface area contributed by atoms with Crippen molar-refractivity contribution in [3.8, 4) is 0 Å². The fourth-order valence-electron chi connectivity index (χ4n) is 1.78. The van der Waals surface area contributed by atoms with Gasteiger partial charge in [0.2, 0.25) is 0 Å². The van der Waals surface area contributed by atoms with Crippen LogP contribution >= 0.6 is 11.6 Å². The molecule has 0 amide bonds. The Balaban J connectivity index is 2.64. The maximum Gasteiger partial charge on any atom is 0.152 e. The third kappa shape index (κ3) is 2.55. The Bertz CT molecular complexity index is 567. The standard InChI is InChI=1S/C13H12ClF2N/c1-7(2)3-9-6-11(14)10-4-8(15)5-12(16)13(10)17-9/h4-7H,3H2,1-2H3. The van der Waals surface area contributed by atoms with Crippen LogP contribution in [0.2, 0.25) is 5.02 Å². The highest BCUT2D eigenvalue weighted by Gasteiger charge is 2.11. The number of fused-ring (bicyclic) bond motifs is 1. The molecule has 0 fully saturated rings.